The first-order chi connectivity index (χ1) is 19.1. The molecule has 2 heterocycles. The molecule has 0 saturated carbocycles. The number of halogens is 2. The van der Waals surface area contributed by atoms with Crippen LogP contribution >= 0.6 is 35.0 Å². The van der Waals surface area contributed by atoms with Gasteiger partial charge >= 0.3 is 5.97 Å². The number of anilines is 1. The standard InChI is InChI=1S/C26H19Cl2N3O8S/c1-2-9-38-25(34)18-10-14(3-6-20(18)28)29-23(32)13-30-24(33)22(40-26(30)35)12-16-5-8-21(39-16)17-11-15(31(36)37)4-7-19(17)27/h3-8,10-12H,2,9,13H2,1H3,(H,29,32)/b22-12+. The number of imide groups is 1. The van der Waals surface area contributed by atoms with Crippen LogP contribution in [0.3, 0.4) is 0 Å². The summed E-state index contributed by atoms with van der Waals surface area (Å²) in [5.74, 6) is -1.63. The molecule has 1 N–H and O–H groups in total. The summed E-state index contributed by atoms with van der Waals surface area (Å²) in [6.45, 7) is 1.47. The van der Waals surface area contributed by atoms with E-state index in [1.165, 1.54) is 54.6 Å². The number of nitrogens with one attached hydrogen (secondary N) is 1. The second-order valence-electron chi connectivity index (χ2n) is 8.27. The number of carbonyl (C=O) groups excluding carboxylic acids is 4. The van der Waals surface area contributed by atoms with E-state index in [-0.39, 0.29) is 55.6 Å². The third-order valence-corrected chi connectivity index (χ3v) is 6.98. The van der Waals surface area contributed by atoms with Crippen molar-refractivity contribution in [2.45, 2.75) is 13.3 Å². The second kappa shape index (κ2) is 12.4. The SMILES string of the molecule is CCCOC(=O)c1cc(NC(=O)CN2C(=O)S/C(=C/c3ccc(-c4cc([N+](=O)[O-])ccc4Cl)o3)C2=O)ccc1Cl. The molecule has 0 radical (unpaired) electrons. The highest BCUT2D eigenvalue weighted by Crippen LogP contribution is 2.36. The molecule has 0 spiro atoms. The number of thioether (sulfide) groups is 1. The van der Waals surface area contributed by atoms with Crippen molar-refractivity contribution in [3.63, 3.8) is 0 Å². The Morgan fingerprint density at radius 1 is 1.12 bits per heavy atom. The number of nitro groups is 1. The zero-order chi connectivity index (χ0) is 29.0. The minimum Gasteiger partial charge on any atom is -0.462 e. The smallest absolute Gasteiger partial charge is 0.339 e. The number of furan rings is 1. The lowest BCUT2D eigenvalue weighted by atomic mass is 10.1. The maximum Gasteiger partial charge on any atom is 0.339 e. The van der Waals surface area contributed by atoms with Gasteiger partial charge in [-0.05, 0) is 54.6 Å². The number of hydrogen-bond acceptors (Lipinski definition) is 9. The lowest BCUT2D eigenvalue weighted by Crippen LogP contribution is -2.36. The van der Waals surface area contributed by atoms with Gasteiger partial charge in [0.1, 0.15) is 18.1 Å². The van der Waals surface area contributed by atoms with Gasteiger partial charge in [0.05, 0.1) is 32.0 Å². The zero-order valence-electron chi connectivity index (χ0n) is 20.6. The van der Waals surface area contributed by atoms with Gasteiger partial charge in [0.15, 0.2) is 0 Å². The number of carbonyl (C=O) groups is 4. The van der Waals surface area contributed by atoms with Crippen LogP contribution in [0.4, 0.5) is 16.2 Å². The van der Waals surface area contributed by atoms with Crippen LogP contribution in [0.1, 0.15) is 29.5 Å². The van der Waals surface area contributed by atoms with Crippen molar-refractivity contribution in [1.82, 2.24) is 4.90 Å². The summed E-state index contributed by atoms with van der Waals surface area (Å²) in [6, 6.07) is 11.1. The second-order valence-corrected chi connectivity index (χ2v) is 10.1. The molecule has 11 nitrogen and oxygen atoms in total. The van der Waals surface area contributed by atoms with Crippen molar-refractivity contribution in [2.24, 2.45) is 0 Å². The van der Waals surface area contributed by atoms with Gasteiger partial charge < -0.3 is 14.5 Å². The normalized spacial score (nSPS) is 14.1. The summed E-state index contributed by atoms with van der Waals surface area (Å²) < 4.78 is 10.8. The van der Waals surface area contributed by atoms with E-state index in [0.29, 0.717) is 18.2 Å². The fraction of sp³-hybridized carbons (Fsp3) is 0.154. The monoisotopic (exact) mass is 603 g/mol. The lowest BCUT2D eigenvalue weighted by molar-refractivity contribution is -0.384. The van der Waals surface area contributed by atoms with Gasteiger partial charge in [-0.2, -0.15) is 0 Å². The molecule has 1 aliphatic rings. The van der Waals surface area contributed by atoms with E-state index in [1.54, 1.807) is 0 Å². The van der Waals surface area contributed by atoms with Crippen LogP contribution in [-0.2, 0) is 14.3 Å². The molecule has 0 bridgehead atoms. The number of amides is 3. The number of benzene rings is 2. The van der Waals surface area contributed by atoms with E-state index >= 15 is 0 Å². The average Bonchev–Trinajstić information content (AvgIpc) is 3.48. The third-order valence-electron chi connectivity index (χ3n) is 5.41. The number of nitrogens with zero attached hydrogens (tertiary/aromatic N) is 2. The molecule has 0 unspecified atom stereocenters. The van der Waals surface area contributed by atoms with Gasteiger partial charge in [0.2, 0.25) is 5.91 Å². The van der Waals surface area contributed by atoms with Crippen LogP contribution in [-0.4, -0.2) is 46.0 Å². The number of ether oxygens (including phenoxy) is 1. The number of nitro benzene ring substituents is 1. The summed E-state index contributed by atoms with van der Waals surface area (Å²) in [6.07, 6.45) is 1.95. The van der Waals surface area contributed by atoms with Crippen molar-refractivity contribution in [3.8, 4) is 11.3 Å². The van der Waals surface area contributed by atoms with Crippen LogP contribution in [0.2, 0.25) is 10.0 Å². The molecule has 1 fully saturated rings. The first-order valence-electron chi connectivity index (χ1n) is 11.6. The lowest BCUT2D eigenvalue weighted by Gasteiger charge is -2.13. The summed E-state index contributed by atoms with van der Waals surface area (Å²) in [5, 5.41) is 13.3. The molecule has 1 aromatic heterocycles. The summed E-state index contributed by atoms with van der Waals surface area (Å²) >= 11 is 12.8. The van der Waals surface area contributed by atoms with E-state index in [2.05, 4.69) is 5.32 Å². The number of non-ortho nitro benzene ring substituents is 1. The average molecular weight is 604 g/mol. The van der Waals surface area contributed by atoms with Gasteiger partial charge in [-0.15, -0.1) is 0 Å². The molecule has 3 aromatic rings. The maximum atomic E-state index is 12.9. The van der Waals surface area contributed by atoms with Crippen LogP contribution < -0.4 is 5.32 Å². The summed E-state index contributed by atoms with van der Waals surface area (Å²) in [5.41, 5.74) is 0.391. The molecule has 2 aromatic carbocycles. The Morgan fingerprint density at radius 3 is 2.60 bits per heavy atom. The number of hydrogen-bond donors (Lipinski definition) is 1. The predicted octanol–water partition coefficient (Wildman–Crippen LogP) is 6.40. The van der Waals surface area contributed by atoms with Crippen LogP contribution in [0.25, 0.3) is 17.4 Å². The van der Waals surface area contributed by atoms with Crippen molar-refractivity contribution in [3.05, 3.63) is 84.9 Å². The van der Waals surface area contributed by atoms with E-state index in [1.807, 2.05) is 6.92 Å². The van der Waals surface area contributed by atoms with Gasteiger partial charge in [-0.25, -0.2) is 4.79 Å². The fourth-order valence-corrected chi connectivity index (χ4v) is 4.76. The zero-order valence-corrected chi connectivity index (χ0v) is 23.0. The summed E-state index contributed by atoms with van der Waals surface area (Å²) in [4.78, 5) is 61.5. The molecular formula is C26H19Cl2N3O8S. The topological polar surface area (TPSA) is 149 Å². The van der Waals surface area contributed by atoms with Crippen molar-refractivity contribution >= 4 is 75.4 Å². The Balaban J connectivity index is 1.45. The molecular weight excluding hydrogens is 585 g/mol. The highest BCUT2D eigenvalue weighted by atomic mass is 35.5. The predicted molar refractivity (Wildman–Crippen MR) is 149 cm³/mol. The molecule has 0 aliphatic carbocycles. The van der Waals surface area contributed by atoms with Gasteiger partial charge in [-0.3, -0.25) is 29.4 Å². The first-order valence-corrected chi connectivity index (χ1v) is 13.2. The molecule has 206 valence electrons. The minimum absolute atomic E-state index is 0.0105. The summed E-state index contributed by atoms with van der Waals surface area (Å²) in [7, 11) is 0. The fourth-order valence-electron chi connectivity index (χ4n) is 3.53. The van der Waals surface area contributed by atoms with E-state index in [4.69, 9.17) is 32.4 Å². The highest BCUT2D eigenvalue weighted by Gasteiger charge is 2.36. The molecule has 0 atom stereocenters. The highest BCUT2D eigenvalue weighted by molar-refractivity contribution is 8.18. The molecule has 14 heteroatoms. The molecule has 4 rings (SSSR count). The maximum absolute atomic E-state index is 12.9. The molecule has 40 heavy (non-hydrogen) atoms. The van der Waals surface area contributed by atoms with E-state index in [9.17, 15) is 29.3 Å². The van der Waals surface area contributed by atoms with Crippen molar-refractivity contribution < 1.29 is 33.3 Å². The Bertz CT molecular complexity index is 1570. The van der Waals surface area contributed by atoms with E-state index in [0.717, 1.165) is 4.90 Å². The van der Waals surface area contributed by atoms with Crippen LogP contribution in [0.15, 0.2) is 57.9 Å². The quantitative estimate of drug-likeness (QED) is 0.127. The van der Waals surface area contributed by atoms with Gasteiger partial charge in [0, 0.05) is 29.5 Å². The van der Waals surface area contributed by atoms with Gasteiger partial charge in [-0.1, -0.05) is 30.1 Å². The Kier molecular flexibility index (Phi) is 8.93. The number of esters is 1. The Morgan fingerprint density at radius 2 is 1.88 bits per heavy atom. The molecule has 3 amide bonds. The minimum atomic E-state index is -0.712. The largest absolute Gasteiger partial charge is 0.462 e. The van der Waals surface area contributed by atoms with E-state index < -0.39 is 34.5 Å². The van der Waals surface area contributed by atoms with Crippen molar-refractivity contribution in [1.29, 1.82) is 0 Å². The Hall–Kier alpha value is -4.13. The molecule has 1 saturated heterocycles. The molecule has 1 aliphatic heterocycles. The van der Waals surface area contributed by atoms with Crippen molar-refractivity contribution in [2.75, 3.05) is 18.5 Å². The first kappa shape index (κ1) is 28.9. The van der Waals surface area contributed by atoms with Crippen LogP contribution in [0, 0.1) is 10.1 Å². The third kappa shape index (κ3) is 6.53. The van der Waals surface area contributed by atoms with Crippen LogP contribution in [0.5, 0.6) is 0 Å². The van der Waals surface area contributed by atoms with Gasteiger partial charge in [0.25, 0.3) is 16.8 Å². The number of rotatable bonds is 9. The Labute approximate surface area is 241 Å².